The Labute approximate surface area is 237 Å². The minimum Gasteiger partial charge on any atom is -1.00 e. The Kier molecular flexibility index (Phi) is 6.83. The summed E-state index contributed by atoms with van der Waals surface area (Å²) in [7, 11) is 8.85. The average molecular weight is 657 g/mol. The van der Waals surface area contributed by atoms with Gasteiger partial charge in [0, 0.05) is 0 Å². The fourth-order valence-electron chi connectivity index (χ4n) is 6.00. The van der Waals surface area contributed by atoms with Crippen molar-refractivity contribution < 1.29 is 44.5 Å². The van der Waals surface area contributed by atoms with Gasteiger partial charge in [-0.3, -0.25) is 0 Å². The Balaban J connectivity index is 0.00000127. The summed E-state index contributed by atoms with van der Waals surface area (Å²) in [6.07, 6.45) is 0.978. The molecule has 0 amide bonds. The first-order valence-electron chi connectivity index (χ1n) is 11.2. The molecule has 0 saturated heterocycles. The van der Waals surface area contributed by atoms with Crippen molar-refractivity contribution in [1.29, 1.82) is 0 Å². The van der Waals surface area contributed by atoms with Gasteiger partial charge in [0.25, 0.3) is 0 Å². The topological polar surface area (TPSA) is 4.93 Å². The van der Waals surface area contributed by atoms with E-state index in [0.29, 0.717) is 3.63 Å². The van der Waals surface area contributed by atoms with Gasteiger partial charge in [-0.1, -0.05) is 0 Å². The zero-order chi connectivity index (χ0) is 22.3. The van der Waals surface area contributed by atoms with E-state index in [-0.39, 0.29) is 24.8 Å². The van der Waals surface area contributed by atoms with Gasteiger partial charge in [0.15, 0.2) is 0 Å². The zero-order valence-corrected chi connectivity index (χ0v) is 25.2. The van der Waals surface area contributed by atoms with Crippen molar-refractivity contribution in [1.82, 2.24) is 4.57 Å². The number of halogens is 3. The van der Waals surface area contributed by atoms with Gasteiger partial charge >= 0.3 is 214 Å². The maximum atomic E-state index is 6.64. The van der Waals surface area contributed by atoms with Crippen LogP contribution in [0.25, 0.3) is 33.2 Å². The third-order valence-corrected chi connectivity index (χ3v) is 15.6. The van der Waals surface area contributed by atoms with Crippen LogP contribution in [0, 0.1) is 0 Å². The summed E-state index contributed by atoms with van der Waals surface area (Å²) in [5.74, 6) is 0. The molecule has 2 aliphatic carbocycles. The second-order valence-corrected chi connectivity index (χ2v) is 17.1. The number of para-hydroxylation sites is 1. The van der Waals surface area contributed by atoms with Crippen LogP contribution in [0.2, 0.25) is 0 Å². The van der Waals surface area contributed by atoms with E-state index in [0.717, 1.165) is 10.9 Å². The number of rotatable bonds is 2. The maximum Gasteiger partial charge on any atom is -1.00 e. The molecule has 7 rings (SSSR count). The van der Waals surface area contributed by atoms with Crippen LogP contribution in [0.15, 0.2) is 89.4 Å². The van der Waals surface area contributed by atoms with Crippen molar-refractivity contribution in [3.05, 3.63) is 112 Å². The molecule has 1 heterocycles. The molecular weight excluding hydrogens is 636 g/mol. The zero-order valence-electron chi connectivity index (χ0n) is 18.9. The van der Waals surface area contributed by atoms with Crippen LogP contribution in [-0.4, -0.2) is 4.57 Å². The van der Waals surface area contributed by atoms with Gasteiger partial charge in [0.05, 0.1) is 0 Å². The van der Waals surface area contributed by atoms with E-state index < -0.39 is 19.7 Å². The Morgan fingerprint density at radius 2 is 1.43 bits per heavy atom. The third kappa shape index (κ3) is 3.63. The number of fused-ring (bicyclic) bond motifs is 8. The molecule has 0 aliphatic heterocycles. The van der Waals surface area contributed by atoms with Crippen LogP contribution in [-0.2, 0) is 33.2 Å². The molecule has 2 aliphatic rings. The van der Waals surface area contributed by atoms with Crippen molar-refractivity contribution in [3.8, 4) is 22.3 Å². The molecule has 0 bridgehead atoms. The molecule has 4 aromatic carbocycles. The van der Waals surface area contributed by atoms with Gasteiger partial charge in [0.1, 0.15) is 0 Å². The molecule has 6 heteroatoms. The van der Waals surface area contributed by atoms with E-state index in [1.54, 1.807) is 0 Å². The summed E-state index contributed by atoms with van der Waals surface area (Å²) < 4.78 is 5.38. The van der Waals surface area contributed by atoms with E-state index in [1.807, 2.05) is 0 Å². The van der Waals surface area contributed by atoms with Crippen molar-refractivity contribution in [2.24, 2.45) is 7.05 Å². The summed E-state index contributed by atoms with van der Waals surface area (Å²) in [6.45, 7) is 0. The largest absolute Gasteiger partial charge is 1.00 e. The smallest absolute Gasteiger partial charge is 1.00 e. The summed E-state index contributed by atoms with van der Waals surface area (Å²) in [4.78, 5) is 0. The van der Waals surface area contributed by atoms with Gasteiger partial charge in [-0.05, 0) is 0 Å². The fraction of sp³-hybridized carbons (Fsp3) is 0.103. The summed E-state index contributed by atoms with van der Waals surface area (Å²) >= 11 is 1.25. The normalized spacial score (nSPS) is 12.6. The van der Waals surface area contributed by atoms with Gasteiger partial charge in [0.2, 0.25) is 0 Å². The molecule has 1 aromatic heterocycles. The first-order chi connectivity index (χ1) is 16.1. The molecule has 35 heavy (non-hydrogen) atoms. The number of benzene rings is 4. The predicted octanol–water partition coefficient (Wildman–Crippen LogP) is 1.65. The standard InChI is InChI=1S/C16H11BrN.C13H9.2ClH.S.Zr/c1-18-14-5-3-2-4-13(14)16-12-7-6-11(17)8-10(12)9-15(16)18;1-3-7-12-10(5-1)9-11-6-2-4-8-13(11)12;;;;/h2-6,8H,9H2,1H3;1-9H;2*1H;;/q;;;;;+2/p-2. The van der Waals surface area contributed by atoms with Crippen LogP contribution in [0.1, 0.15) is 26.0 Å². The Bertz CT molecular complexity index is 1610. The van der Waals surface area contributed by atoms with Crippen LogP contribution in [0.5, 0.6) is 0 Å². The van der Waals surface area contributed by atoms with Crippen LogP contribution in [0.4, 0.5) is 0 Å². The number of aromatic nitrogens is 1. The van der Waals surface area contributed by atoms with Crippen LogP contribution < -0.4 is 28.1 Å². The number of hydrogen-bond donors (Lipinski definition) is 0. The second-order valence-electron chi connectivity index (χ2n) is 9.03. The van der Waals surface area contributed by atoms with Gasteiger partial charge in [-0.2, -0.15) is 0 Å². The maximum absolute atomic E-state index is 6.64. The molecule has 5 aromatic rings. The molecule has 0 atom stereocenters. The minimum atomic E-state index is -2.59. The van der Waals surface area contributed by atoms with Crippen molar-refractivity contribution in [2.45, 2.75) is 10.0 Å². The fourth-order valence-corrected chi connectivity index (χ4v) is 14.9. The molecule has 0 N–H and O–H groups in total. The summed E-state index contributed by atoms with van der Waals surface area (Å²) in [5.41, 5.74) is 12.6. The molecule has 0 unspecified atom stereocenters. The van der Waals surface area contributed by atoms with E-state index in [1.165, 1.54) is 58.8 Å². The molecule has 0 spiro atoms. The predicted molar refractivity (Wildman–Crippen MR) is 140 cm³/mol. The molecule has 1 nitrogen and oxygen atoms in total. The molecular formula is C29H20BrCl2NSZr. The monoisotopic (exact) mass is 653 g/mol. The third-order valence-electron chi connectivity index (χ3n) is 7.38. The van der Waals surface area contributed by atoms with Crippen molar-refractivity contribution in [2.75, 3.05) is 0 Å². The molecule has 172 valence electrons. The number of aryl methyl sites for hydroxylation is 1. The van der Waals surface area contributed by atoms with Crippen molar-refractivity contribution >= 4 is 39.0 Å². The number of nitrogens with zero attached hydrogens (tertiary/aromatic N) is 1. The van der Waals surface area contributed by atoms with Crippen LogP contribution in [0.3, 0.4) is 0 Å². The van der Waals surface area contributed by atoms with E-state index in [4.69, 9.17) is 8.86 Å². The summed E-state index contributed by atoms with van der Waals surface area (Å²) in [6, 6.07) is 31.3. The quantitative estimate of drug-likeness (QED) is 0.275. The Morgan fingerprint density at radius 3 is 2.11 bits per heavy atom. The van der Waals surface area contributed by atoms with Gasteiger partial charge in [-0.25, -0.2) is 0 Å². The Hall–Kier alpha value is -1.42. The number of hydrogen-bond acceptors (Lipinski definition) is 1. The summed E-state index contributed by atoms with van der Waals surface area (Å²) in [5, 5.41) is 1.36. The molecule has 0 radical (unpaired) electrons. The Morgan fingerprint density at radius 1 is 0.829 bits per heavy atom. The van der Waals surface area contributed by atoms with Crippen LogP contribution >= 0.6 is 24.8 Å². The molecule has 0 fully saturated rings. The average Bonchev–Trinajstić information content (AvgIpc) is 3.46. The first kappa shape index (κ1) is 25.2. The van der Waals surface area contributed by atoms with E-state index in [9.17, 15) is 0 Å². The van der Waals surface area contributed by atoms with E-state index in [2.05, 4.69) is 112 Å². The van der Waals surface area contributed by atoms with Crippen molar-refractivity contribution in [3.63, 3.8) is 0 Å². The molecule has 0 saturated carbocycles. The second kappa shape index (κ2) is 9.47. The minimum absolute atomic E-state index is 0. The SMILES string of the molecule is Cn1c2c(c3ccccc31)-c1c(cc(Br)c[c]1[Zr+2](=[S])[CH]1c3ccccc3-c3ccccc31)C2.[Cl-].[Cl-]. The van der Waals surface area contributed by atoms with Gasteiger partial charge in [-0.15, -0.1) is 0 Å². The first-order valence-corrected chi connectivity index (χ1v) is 18.1. The van der Waals surface area contributed by atoms with E-state index >= 15 is 0 Å². The van der Waals surface area contributed by atoms with Gasteiger partial charge < -0.3 is 24.8 Å².